The molecule has 3 atom stereocenters. The predicted octanol–water partition coefficient (Wildman–Crippen LogP) is 3.65. The van der Waals surface area contributed by atoms with Crippen molar-refractivity contribution in [2.24, 2.45) is 17.8 Å². The van der Waals surface area contributed by atoms with Crippen LogP contribution in [0.15, 0.2) is 24.3 Å². The molecule has 2 fully saturated rings. The van der Waals surface area contributed by atoms with Crippen molar-refractivity contribution in [2.45, 2.75) is 45.1 Å². The number of likely N-dealkylation sites (N-methyl/N-ethyl adjacent to an activating group) is 1. The lowest BCUT2D eigenvalue weighted by molar-refractivity contribution is 0.395. The summed E-state index contributed by atoms with van der Waals surface area (Å²) in [6.45, 7) is 3.29. The molecule has 110 valence electrons. The van der Waals surface area contributed by atoms with Gasteiger partial charge in [0.05, 0.1) is 7.11 Å². The number of methoxy groups -OCH3 is 1. The quantitative estimate of drug-likeness (QED) is 0.854. The molecule has 1 N–H and O–H groups in total. The molecule has 2 aliphatic carbocycles. The molecule has 0 aromatic heterocycles. The van der Waals surface area contributed by atoms with Crippen LogP contribution in [0.1, 0.15) is 38.2 Å². The average molecular weight is 273 g/mol. The molecule has 2 nitrogen and oxygen atoms in total. The Morgan fingerprint density at radius 3 is 2.55 bits per heavy atom. The molecule has 20 heavy (non-hydrogen) atoms. The van der Waals surface area contributed by atoms with Crippen LogP contribution in [0.3, 0.4) is 0 Å². The van der Waals surface area contributed by atoms with Gasteiger partial charge in [-0.15, -0.1) is 0 Å². The average Bonchev–Trinajstić information content (AvgIpc) is 3.21. The molecule has 2 aliphatic rings. The number of hydrogen-bond donors (Lipinski definition) is 1. The van der Waals surface area contributed by atoms with E-state index in [0.717, 1.165) is 36.5 Å². The third-order valence-electron chi connectivity index (χ3n) is 5.29. The molecule has 2 heteroatoms. The van der Waals surface area contributed by atoms with Crippen molar-refractivity contribution in [1.29, 1.82) is 0 Å². The van der Waals surface area contributed by atoms with Crippen molar-refractivity contribution in [3.8, 4) is 5.75 Å². The van der Waals surface area contributed by atoms with Crippen LogP contribution in [-0.2, 0) is 6.42 Å². The fourth-order valence-corrected chi connectivity index (χ4v) is 4.36. The normalized spacial score (nSPS) is 29.6. The molecule has 3 rings (SSSR count). The van der Waals surface area contributed by atoms with Gasteiger partial charge in [-0.05, 0) is 55.2 Å². The van der Waals surface area contributed by atoms with Crippen LogP contribution < -0.4 is 10.1 Å². The highest BCUT2D eigenvalue weighted by molar-refractivity contribution is 5.34. The fraction of sp³-hybridized carbons (Fsp3) is 0.667. The summed E-state index contributed by atoms with van der Waals surface area (Å²) in [4.78, 5) is 0. The van der Waals surface area contributed by atoms with E-state index in [-0.39, 0.29) is 0 Å². The smallest absolute Gasteiger partial charge is 0.122 e. The first-order valence-electron chi connectivity index (χ1n) is 8.20. The zero-order valence-electron chi connectivity index (χ0n) is 12.8. The maximum atomic E-state index is 5.52. The van der Waals surface area contributed by atoms with Gasteiger partial charge in [-0.1, -0.05) is 38.0 Å². The maximum Gasteiger partial charge on any atom is 0.122 e. The van der Waals surface area contributed by atoms with Crippen molar-refractivity contribution >= 4 is 0 Å². The Hall–Kier alpha value is -1.02. The van der Waals surface area contributed by atoms with Gasteiger partial charge in [0.15, 0.2) is 0 Å². The summed E-state index contributed by atoms with van der Waals surface area (Å²) >= 11 is 0. The summed E-state index contributed by atoms with van der Waals surface area (Å²) in [6, 6.07) is 9.11. The second-order valence-electron chi connectivity index (χ2n) is 6.37. The summed E-state index contributed by atoms with van der Waals surface area (Å²) in [7, 11) is 1.78. The second kappa shape index (κ2) is 6.17. The monoisotopic (exact) mass is 273 g/mol. The van der Waals surface area contributed by atoms with Crippen LogP contribution in [0.4, 0.5) is 0 Å². The molecule has 2 saturated carbocycles. The summed E-state index contributed by atoms with van der Waals surface area (Å²) in [5.74, 6) is 3.95. The molecule has 0 saturated heterocycles. The van der Waals surface area contributed by atoms with Gasteiger partial charge in [-0.2, -0.15) is 0 Å². The van der Waals surface area contributed by atoms with Gasteiger partial charge < -0.3 is 10.1 Å². The first kappa shape index (κ1) is 13.9. The number of nitrogens with one attached hydrogen (secondary N) is 1. The van der Waals surface area contributed by atoms with Crippen LogP contribution in [-0.4, -0.2) is 19.7 Å². The van der Waals surface area contributed by atoms with Crippen molar-refractivity contribution < 1.29 is 4.74 Å². The van der Waals surface area contributed by atoms with E-state index in [1.165, 1.54) is 31.2 Å². The lowest BCUT2D eigenvalue weighted by Crippen LogP contribution is -2.34. The number of para-hydroxylation sites is 1. The first-order valence-corrected chi connectivity index (χ1v) is 8.20. The van der Waals surface area contributed by atoms with E-state index >= 15 is 0 Å². The van der Waals surface area contributed by atoms with Gasteiger partial charge >= 0.3 is 0 Å². The second-order valence-corrected chi connectivity index (χ2v) is 6.37. The van der Waals surface area contributed by atoms with E-state index in [9.17, 15) is 0 Å². The Bertz CT molecular complexity index is 433. The number of hydrogen-bond acceptors (Lipinski definition) is 2. The highest BCUT2D eigenvalue weighted by Crippen LogP contribution is 2.57. The lowest BCUT2D eigenvalue weighted by Gasteiger charge is -2.20. The highest BCUT2D eigenvalue weighted by Gasteiger charge is 2.53. The SMILES string of the molecule is CCNC(Cc1ccccc1OC)C1C2CCCCC21. The van der Waals surface area contributed by atoms with Gasteiger partial charge in [0.1, 0.15) is 5.75 Å². The summed E-state index contributed by atoms with van der Waals surface area (Å²) in [5.41, 5.74) is 1.35. The number of ether oxygens (including phenoxy) is 1. The standard InChI is InChI=1S/C18H27NO/c1-3-19-16(18-14-9-5-6-10-15(14)18)12-13-8-4-7-11-17(13)20-2/h4,7-8,11,14-16,18-19H,3,5-6,9-10,12H2,1-2H3. The van der Waals surface area contributed by atoms with E-state index in [0.29, 0.717) is 6.04 Å². The molecular weight excluding hydrogens is 246 g/mol. The Balaban J connectivity index is 1.71. The van der Waals surface area contributed by atoms with E-state index < -0.39 is 0 Å². The minimum absolute atomic E-state index is 0.629. The number of rotatable bonds is 6. The third kappa shape index (κ3) is 2.71. The topological polar surface area (TPSA) is 21.3 Å². The minimum Gasteiger partial charge on any atom is -0.496 e. The summed E-state index contributed by atoms with van der Waals surface area (Å²) in [6.07, 6.45) is 6.93. The Morgan fingerprint density at radius 2 is 1.90 bits per heavy atom. The Labute approximate surface area is 122 Å². The van der Waals surface area contributed by atoms with Crippen LogP contribution in [0, 0.1) is 17.8 Å². The molecule has 0 heterocycles. The van der Waals surface area contributed by atoms with Gasteiger partial charge in [-0.3, -0.25) is 0 Å². The third-order valence-corrected chi connectivity index (χ3v) is 5.29. The number of benzene rings is 1. The zero-order valence-corrected chi connectivity index (χ0v) is 12.8. The van der Waals surface area contributed by atoms with Gasteiger partial charge in [0.25, 0.3) is 0 Å². The maximum absolute atomic E-state index is 5.52. The minimum atomic E-state index is 0.629. The Kier molecular flexibility index (Phi) is 4.30. The van der Waals surface area contributed by atoms with Gasteiger partial charge in [0, 0.05) is 6.04 Å². The largest absolute Gasteiger partial charge is 0.496 e. The van der Waals surface area contributed by atoms with Crippen molar-refractivity contribution in [2.75, 3.05) is 13.7 Å². The summed E-state index contributed by atoms with van der Waals surface area (Å²) in [5, 5.41) is 3.75. The molecule has 1 aromatic carbocycles. The van der Waals surface area contributed by atoms with Crippen LogP contribution in [0.2, 0.25) is 0 Å². The molecule has 0 amide bonds. The van der Waals surface area contributed by atoms with Crippen LogP contribution >= 0.6 is 0 Å². The number of fused-ring (bicyclic) bond motifs is 1. The zero-order chi connectivity index (χ0) is 13.9. The molecule has 3 unspecified atom stereocenters. The van der Waals surface area contributed by atoms with Crippen molar-refractivity contribution in [3.63, 3.8) is 0 Å². The predicted molar refractivity (Wildman–Crippen MR) is 83.1 cm³/mol. The Morgan fingerprint density at radius 1 is 1.20 bits per heavy atom. The molecule has 0 radical (unpaired) electrons. The molecule has 0 spiro atoms. The van der Waals surface area contributed by atoms with Crippen LogP contribution in [0.5, 0.6) is 5.75 Å². The van der Waals surface area contributed by atoms with Gasteiger partial charge in [-0.25, -0.2) is 0 Å². The van der Waals surface area contributed by atoms with Crippen molar-refractivity contribution in [1.82, 2.24) is 5.32 Å². The van der Waals surface area contributed by atoms with Gasteiger partial charge in [0.2, 0.25) is 0 Å². The lowest BCUT2D eigenvalue weighted by atomic mass is 9.99. The van der Waals surface area contributed by atoms with E-state index in [4.69, 9.17) is 4.74 Å². The molecule has 1 aromatic rings. The highest BCUT2D eigenvalue weighted by atomic mass is 16.5. The fourth-order valence-electron chi connectivity index (χ4n) is 4.36. The van der Waals surface area contributed by atoms with Crippen LogP contribution in [0.25, 0.3) is 0 Å². The van der Waals surface area contributed by atoms with E-state index in [1.807, 2.05) is 0 Å². The van der Waals surface area contributed by atoms with E-state index in [1.54, 1.807) is 7.11 Å². The molecule has 0 aliphatic heterocycles. The van der Waals surface area contributed by atoms with Crippen molar-refractivity contribution in [3.05, 3.63) is 29.8 Å². The van der Waals surface area contributed by atoms with E-state index in [2.05, 4.69) is 36.5 Å². The first-order chi connectivity index (χ1) is 9.85. The molecular formula is C18H27NO. The summed E-state index contributed by atoms with van der Waals surface area (Å²) < 4.78 is 5.52. The molecule has 0 bridgehead atoms.